The smallest absolute Gasteiger partial charge is 0.260 e. The van der Waals surface area contributed by atoms with Crippen molar-refractivity contribution >= 4 is 34.7 Å². The first-order valence-corrected chi connectivity index (χ1v) is 8.49. The third kappa shape index (κ3) is 4.35. The van der Waals surface area contributed by atoms with Gasteiger partial charge in [-0.25, -0.2) is 9.37 Å². The van der Waals surface area contributed by atoms with Gasteiger partial charge in [0.15, 0.2) is 0 Å². The molecule has 0 aliphatic heterocycles. The number of benzene rings is 2. The van der Waals surface area contributed by atoms with Crippen molar-refractivity contribution < 1.29 is 13.9 Å². The molecule has 3 rings (SSSR count). The van der Waals surface area contributed by atoms with Crippen molar-refractivity contribution in [3.8, 4) is 5.75 Å². The predicted octanol–water partition coefficient (Wildman–Crippen LogP) is 5.19. The minimum atomic E-state index is -0.683. The second-order valence-corrected chi connectivity index (χ2v) is 6.22. The van der Waals surface area contributed by atoms with Gasteiger partial charge in [0.25, 0.3) is 5.91 Å². The second kappa shape index (κ2) is 8.05. The van der Waals surface area contributed by atoms with E-state index in [1.807, 2.05) is 25.1 Å². The topological polar surface area (TPSA) is 63.2 Å². The van der Waals surface area contributed by atoms with Crippen LogP contribution < -0.4 is 15.4 Å². The second-order valence-electron chi connectivity index (χ2n) is 5.81. The summed E-state index contributed by atoms with van der Waals surface area (Å²) in [5.41, 5.74) is 2.07. The van der Waals surface area contributed by atoms with Crippen LogP contribution in [0.1, 0.15) is 15.9 Å². The quantitative estimate of drug-likeness (QED) is 0.634. The molecule has 0 unspecified atom stereocenters. The molecule has 1 heterocycles. The number of methoxy groups -OCH3 is 1. The molecule has 0 saturated carbocycles. The van der Waals surface area contributed by atoms with E-state index in [1.54, 1.807) is 19.2 Å². The molecule has 1 aromatic heterocycles. The average molecular weight is 386 g/mol. The van der Waals surface area contributed by atoms with Gasteiger partial charge >= 0.3 is 0 Å². The van der Waals surface area contributed by atoms with Crippen LogP contribution in [0, 0.1) is 12.7 Å². The number of carbonyl (C=O) groups is 1. The Labute approximate surface area is 161 Å². The number of nitrogens with one attached hydrogen (secondary N) is 2. The van der Waals surface area contributed by atoms with Gasteiger partial charge in [0.05, 0.1) is 35.3 Å². The molecule has 2 N–H and O–H groups in total. The van der Waals surface area contributed by atoms with E-state index in [-0.39, 0.29) is 10.6 Å². The van der Waals surface area contributed by atoms with Crippen LogP contribution in [0.2, 0.25) is 5.02 Å². The molecule has 3 aromatic rings. The Morgan fingerprint density at radius 2 is 2.00 bits per heavy atom. The summed E-state index contributed by atoms with van der Waals surface area (Å²) in [6.07, 6.45) is 1.47. The molecule has 138 valence electrons. The van der Waals surface area contributed by atoms with Gasteiger partial charge in [-0.1, -0.05) is 23.7 Å². The van der Waals surface area contributed by atoms with Gasteiger partial charge in [-0.05, 0) is 48.9 Å². The molecule has 0 saturated heterocycles. The molecule has 5 nitrogen and oxygen atoms in total. The van der Waals surface area contributed by atoms with Gasteiger partial charge in [0.2, 0.25) is 0 Å². The number of aromatic nitrogens is 1. The number of hydrogen-bond acceptors (Lipinski definition) is 4. The van der Waals surface area contributed by atoms with E-state index in [0.717, 1.165) is 11.3 Å². The van der Waals surface area contributed by atoms with E-state index in [4.69, 9.17) is 16.3 Å². The Morgan fingerprint density at radius 3 is 2.67 bits per heavy atom. The minimum absolute atomic E-state index is 0.0466. The van der Waals surface area contributed by atoms with Gasteiger partial charge < -0.3 is 15.4 Å². The zero-order chi connectivity index (χ0) is 19.4. The van der Waals surface area contributed by atoms with Crippen molar-refractivity contribution in [3.05, 3.63) is 76.7 Å². The molecule has 2 aromatic carbocycles. The van der Waals surface area contributed by atoms with Crippen LogP contribution in [-0.4, -0.2) is 18.0 Å². The van der Waals surface area contributed by atoms with Gasteiger partial charge in [-0.2, -0.15) is 0 Å². The SMILES string of the molecule is COc1ccc(C)cc1Nc1ccc(NC(=O)c2c(F)cccc2Cl)cn1. The molecule has 0 bridgehead atoms. The highest BCUT2D eigenvalue weighted by Gasteiger charge is 2.16. The van der Waals surface area contributed by atoms with Crippen molar-refractivity contribution in [2.75, 3.05) is 17.7 Å². The molecular weight excluding hydrogens is 369 g/mol. The number of amides is 1. The van der Waals surface area contributed by atoms with E-state index >= 15 is 0 Å². The van der Waals surface area contributed by atoms with Crippen LogP contribution in [0.25, 0.3) is 0 Å². The Balaban J connectivity index is 1.74. The first kappa shape index (κ1) is 18.7. The van der Waals surface area contributed by atoms with Crippen molar-refractivity contribution in [1.29, 1.82) is 0 Å². The van der Waals surface area contributed by atoms with E-state index in [2.05, 4.69) is 15.6 Å². The zero-order valence-electron chi connectivity index (χ0n) is 14.7. The van der Waals surface area contributed by atoms with Crippen LogP contribution >= 0.6 is 11.6 Å². The fourth-order valence-electron chi connectivity index (χ4n) is 2.51. The summed E-state index contributed by atoms with van der Waals surface area (Å²) in [4.78, 5) is 16.5. The van der Waals surface area contributed by atoms with Crippen molar-refractivity contribution in [3.63, 3.8) is 0 Å². The van der Waals surface area contributed by atoms with Crippen molar-refractivity contribution in [2.24, 2.45) is 0 Å². The van der Waals surface area contributed by atoms with Gasteiger partial charge in [0, 0.05) is 0 Å². The number of aryl methyl sites for hydroxylation is 1. The van der Waals surface area contributed by atoms with E-state index < -0.39 is 11.7 Å². The average Bonchev–Trinajstić information content (AvgIpc) is 2.63. The number of hydrogen-bond donors (Lipinski definition) is 2. The van der Waals surface area contributed by atoms with Gasteiger partial charge in [-0.3, -0.25) is 4.79 Å². The zero-order valence-corrected chi connectivity index (χ0v) is 15.5. The van der Waals surface area contributed by atoms with Gasteiger partial charge in [0.1, 0.15) is 17.4 Å². The number of ether oxygens (including phenoxy) is 1. The Hall–Kier alpha value is -3.12. The Morgan fingerprint density at radius 1 is 1.19 bits per heavy atom. The standard InChI is InChI=1S/C20H17ClFN3O2/c1-12-6-8-17(27-2)16(10-12)25-18-9-7-13(11-23-18)24-20(26)19-14(21)4-3-5-15(19)22/h3-11H,1-2H3,(H,23,25)(H,24,26). The number of rotatable bonds is 5. The Bertz CT molecular complexity index is 957. The number of anilines is 3. The number of nitrogens with zero attached hydrogens (tertiary/aromatic N) is 1. The third-order valence-electron chi connectivity index (χ3n) is 3.83. The van der Waals surface area contributed by atoms with Crippen LogP contribution in [0.4, 0.5) is 21.6 Å². The summed E-state index contributed by atoms with van der Waals surface area (Å²) in [6, 6.07) is 13.2. The highest BCUT2D eigenvalue weighted by molar-refractivity contribution is 6.34. The lowest BCUT2D eigenvalue weighted by atomic mass is 10.2. The predicted molar refractivity (Wildman–Crippen MR) is 105 cm³/mol. The molecule has 0 atom stereocenters. The molecule has 0 aliphatic rings. The molecule has 0 fully saturated rings. The fraction of sp³-hybridized carbons (Fsp3) is 0.100. The fourth-order valence-corrected chi connectivity index (χ4v) is 2.76. The van der Waals surface area contributed by atoms with Crippen molar-refractivity contribution in [1.82, 2.24) is 4.98 Å². The summed E-state index contributed by atoms with van der Waals surface area (Å²) in [5, 5.41) is 5.80. The lowest BCUT2D eigenvalue weighted by Crippen LogP contribution is -2.14. The first-order chi connectivity index (χ1) is 13.0. The lowest BCUT2D eigenvalue weighted by Gasteiger charge is -2.12. The maximum Gasteiger partial charge on any atom is 0.260 e. The largest absolute Gasteiger partial charge is 0.495 e. The van der Waals surface area contributed by atoms with E-state index in [0.29, 0.717) is 17.3 Å². The molecule has 1 amide bonds. The highest BCUT2D eigenvalue weighted by atomic mass is 35.5. The maximum atomic E-state index is 13.8. The molecule has 0 aliphatic carbocycles. The molecule has 7 heteroatoms. The normalized spacial score (nSPS) is 10.4. The van der Waals surface area contributed by atoms with Crippen LogP contribution in [0.3, 0.4) is 0 Å². The number of carbonyl (C=O) groups excluding carboxylic acids is 1. The summed E-state index contributed by atoms with van der Waals surface area (Å²) in [6.45, 7) is 1.98. The highest BCUT2D eigenvalue weighted by Crippen LogP contribution is 2.28. The molecule has 0 spiro atoms. The third-order valence-corrected chi connectivity index (χ3v) is 4.14. The van der Waals surface area contributed by atoms with Crippen LogP contribution in [-0.2, 0) is 0 Å². The molecule has 0 radical (unpaired) electrons. The van der Waals surface area contributed by atoms with Crippen LogP contribution in [0.5, 0.6) is 5.75 Å². The van der Waals surface area contributed by atoms with Gasteiger partial charge in [-0.15, -0.1) is 0 Å². The summed E-state index contributed by atoms with van der Waals surface area (Å²) < 4.78 is 19.2. The lowest BCUT2D eigenvalue weighted by molar-refractivity contribution is 0.102. The monoisotopic (exact) mass is 385 g/mol. The van der Waals surface area contributed by atoms with Crippen LogP contribution in [0.15, 0.2) is 54.7 Å². The van der Waals surface area contributed by atoms with E-state index in [9.17, 15) is 9.18 Å². The first-order valence-electron chi connectivity index (χ1n) is 8.11. The molecular formula is C20H17ClFN3O2. The minimum Gasteiger partial charge on any atom is -0.495 e. The van der Waals surface area contributed by atoms with Crippen molar-refractivity contribution in [2.45, 2.75) is 6.92 Å². The Kier molecular flexibility index (Phi) is 5.57. The molecule has 27 heavy (non-hydrogen) atoms. The van der Waals surface area contributed by atoms with E-state index in [1.165, 1.54) is 24.4 Å². The number of pyridine rings is 1. The summed E-state index contributed by atoms with van der Waals surface area (Å²) >= 11 is 5.91. The summed E-state index contributed by atoms with van der Waals surface area (Å²) in [7, 11) is 1.59. The maximum absolute atomic E-state index is 13.8. The number of halogens is 2. The summed E-state index contributed by atoms with van der Waals surface area (Å²) in [5.74, 6) is -0.0615.